The van der Waals surface area contributed by atoms with Crippen molar-refractivity contribution in [3.8, 4) is 0 Å². The molecule has 3 nitrogen and oxygen atoms in total. The van der Waals surface area contributed by atoms with Crippen LogP contribution in [0.15, 0.2) is 6.07 Å². The number of nitrogens with two attached hydrogens (primary N) is 1. The Balaban J connectivity index is 3.47. The molecule has 0 spiro atoms. The summed E-state index contributed by atoms with van der Waals surface area (Å²) in [5, 5.41) is 0. The summed E-state index contributed by atoms with van der Waals surface area (Å²) in [7, 11) is 0. The Hall–Kier alpha value is -0.960. The molecule has 0 aliphatic heterocycles. The van der Waals surface area contributed by atoms with Gasteiger partial charge in [-0.1, -0.05) is 62.3 Å². The first-order valence-corrected chi connectivity index (χ1v) is 7.38. The van der Waals surface area contributed by atoms with Gasteiger partial charge in [0.15, 0.2) is 0 Å². The zero-order valence-electron chi connectivity index (χ0n) is 14.6. The molecule has 1 unspecified atom stereocenters. The Labute approximate surface area is 124 Å². The Bertz CT molecular complexity index is 438. The minimum atomic E-state index is -0.161. The van der Waals surface area contributed by atoms with E-state index in [1.807, 2.05) is 0 Å². The molecule has 0 aromatic carbocycles. The number of nitrogens with zero attached hydrogens (tertiary/aromatic N) is 2. The third-order valence-electron chi connectivity index (χ3n) is 3.49. The number of aromatic nitrogens is 2. The van der Waals surface area contributed by atoms with Crippen molar-refractivity contribution in [2.45, 2.75) is 79.2 Å². The molecule has 0 radical (unpaired) electrons. The predicted octanol–water partition coefficient (Wildman–Crippen LogP) is 4.12. The molecule has 3 heteroatoms. The first-order chi connectivity index (χ1) is 8.73. The zero-order chi connectivity index (χ0) is 15.9. The van der Waals surface area contributed by atoms with Crippen molar-refractivity contribution in [1.82, 2.24) is 9.97 Å². The van der Waals surface area contributed by atoms with E-state index in [0.29, 0.717) is 0 Å². The summed E-state index contributed by atoms with van der Waals surface area (Å²) in [5.74, 6) is 0.759. The van der Waals surface area contributed by atoms with E-state index in [9.17, 15) is 0 Å². The van der Waals surface area contributed by atoms with Crippen molar-refractivity contribution < 1.29 is 0 Å². The molecule has 0 fully saturated rings. The highest BCUT2D eigenvalue weighted by molar-refractivity contribution is 5.24. The predicted molar refractivity (Wildman–Crippen MR) is 85.8 cm³/mol. The zero-order valence-corrected chi connectivity index (χ0v) is 14.6. The maximum absolute atomic E-state index is 6.37. The standard InChI is InChI=1S/C17H31N3/c1-15(2,3)11-10-12(16(4,5)6)20-14(19-11)13(18)17(7,8)9/h10,13H,18H2,1-9H3. The molecule has 1 rings (SSSR count). The Morgan fingerprint density at radius 2 is 1.15 bits per heavy atom. The minimum absolute atomic E-state index is 0.00467. The van der Waals surface area contributed by atoms with Crippen molar-refractivity contribution in [2.75, 3.05) is 0 Å². The SMILES string of the molecule is CC(C)(C)c1cc(C(C)(C)C)nc(C(N)C(C)(C)C)n1. The van der Waals surface area contributed by atoms with Crippen LogP contribution in [0.2, 0.25) is 0 Å². The van der Waals surface area contributed by atoms with Crippen LogP contribution in [0.4, 0.5) is 0 Å². The van der Waals surface area contributed by atoms with Crippen LogP contribution in [0.5, 0.6) is 0 Å². The van der Waals surface area contributed by atoms with Crippen molar-refractivity contribution in [3.05, 3.63) is 23.3 Å². The Morgan fingerprint density at radius 3 is 1.40 bits per heavy atom. The first-order valence-electron chi connectivity index (χ1n) is 7.38. The van der Waals surface area contributed by atoms with E-state index in [-0.39, 0.29) is 22.3 Å². The van der Waals surface area contributed by atoms with Crippen LogP contribution >= 0.6 is 0 Å². The van der Waals surface area contributed by atoms with Gasteiger partial charge >= 0.3 is 0 Å². The van der Waals surface area contributed by atoms with Crippen molar-refractivity contribution in [1.29, 1.82) is 0 Å². The van der Waals surface area contributed by atoms with Gasteiger partial charge in [0.25, 0.3) is 0 Å². The lowest BCUT2D eigenvalue weighted by Gasteiger charge is -2.29. The van der Waals surface area contributed by atoms with Crippen LogP contribution in [0, 0.1) is 5.41 Å². The molecule has 0 saturated carbocycles. The Morgan fingerprint density at radius 1 is 0.800 bits per heavy atom. The lowest BCUT2D eigenvalue weighted by Crippen LogP contribution is -2.31. The van der Waals surface area contributed by atoms with Crippen molar-refractivity contribution in [2.24, 2.45) is 11.1 Å². The van der Waals surface area contributed by atoms with Gasteiger partial charge in [-0.25, -0.2) is 9.97 Å². The summed E-state index contributed by atoms with van der Waals surface area (Å²) in [5.41, 5.74) is 8.44. The highest BCUT2D eigenvalue weighted by atomic mass is 15.0. The highest BCUT2D eigenvalue weighted by Gasteiger charge is 2.29. The van der Waals surface area contributed by atoms with Crippen molar-refractivity contribution in [3.63, 3.8) is 0 Å². The number of hydrogen-bond donors (Lipinski definition) is 1. The van der Waals surface area contributed by atoms with E-state index in [1.54, 1.807) is 0 Å². The molecule has 0 aliphatic carbocycles. The average Bonchev–Trinajstić information content (AvgIpc) is 2.23. The van der Waals surface area contributed by atoms with E-state index in [0.717, 1.165) is 17.2 Å². The van der Waals surface area contributed by atoms with Crippen LogP contribution in [0.1, 0.15) is 85.6 Å². The van der Waals surface area contributed by atoms with E-state index in [1.165, 1.54) is 0 Å². The molecule has 1 heterocycles. The van der Waals surface area contributed by atoms with Crippen LogP contribution < -0.4 is 5.73 Å². The van der Waals surface area contributed by atoms with Gasteiger partial charge in [0, 0.05) is 22.2 Å². The normalized spacial score (nSPS) is 15.3. The minimum Gasteiger partial charge on any atom is -0.321 e. The fraction of sp³-hybridized carbons (Fsp3) is 0.765. The molecule has 0 bridgehead atoms. The molecule has 0 amide bonds. The van der Waals surface area contributed by atoms with Crippen molar-refractivity contribution >= 4 is 0 Å². The van der Waals surface area contributed by atoms with Gasteiger partial charge in [0.1, 0.15) is 5.82 Å². The van der Waals surface area contributed by atoms with E-state index < -0.39 is 0 Å². The molecule has 1 aromatic heterocycles. The van der Waals surface area contributed by atoms with Gasteiger partial charge in [-0.15, -0.1) is 0 Å². The fourth-order valence-corrected chi connectivity index (χ4v) is 1.76. The summed E-state index contributed by atoms with van der Waals surface area (Å²) in [6, 6.07) is 1.96. The molecule has 114 valence electrons. The summed E-state index contributed by atoms with van der Waals surface area (Å²) in [6.45, 7) is 19.4. The quantitative estimate of drug-likeness (QED) is 0.840. The monoisotopic (exact) mass is 277 g/mol. The van der Waals surface area contributed by atoms with Crippen LogP contribution in [0.3, 0.4) is 0 Å². The smallest absolute Gasteiger partial charge is 0.146 e. The van der Waals surface area contributed by atoms with Gasteiger partial charge in [0.2, 0.25) is 0 Å². The first kappa shape index (κ1) is 17.1. The van der Waals surface area contributed by atoms with E-state index >= 15 is 0 Å². The maximum Gasteiger partial charge on any atom is 0.146 e. The molecular formula is C17H31N3. The molecule has 2 N–H and O–H groups in total. The van der Waals surface area contributed by atoms with Gasteiger partial charge in [-0.05, 0) is 11.5 Å². The lowest BCUT2D eigenvalue weighted by atomic mass is 9.84. The van der Waals surface area contributed by atoms with Crippen LogP contribution in [-0.4, -0.2) is 9.97 Å². The largest absolute Gasteiger partial charge is 0.321 e. The molecule has 0 saturated heterocycles. The van der Waals surface area contributed by atoms with Gasteiger partial charge < -0.3 is 5.73 Å². The second-order valence-electron chi connectivity index (χ2n) is 8.84. The third-order valence-corrected chi connectivity index (χ3v) is 3.49. The summed E-state index contributed by atoms with van der Waals surface area (Å²) >= 11 is 0. The second kappa shape index (κ2) is 5.10. The van der Waals surface area contributed by atoms with E-state index in [4.69, 9.17) is 15.7 Å². The average molecular weight is 277 g/mol. The third kappa shape index (κ3) is 4.02. The lowest BCUT2D eigenvalue weighted by molar-refractivity contribution is 0.312. The Kier molecular flexibility index (Phi) is 4.36. The van der Waals surface area contributed by atoms with E-state index in [2.05, 4.69) is 68.4 Å². The van der Waals surface area contributed by atoms with Crippen LogP contribution in [-0.2, 0) is 10.8 Å². The second-order valence-corrected chi connectivity index (χ2v) is 8.84. The summed E-state index contributed by atoms with van der Waals surface area (Å²) < 4.78 is 0. The van der Waals surface area contributed by atoms with Crippen LogP contribution in [0.25, 0.3) is 0 Å². The fourth-order valence-electron chi connectivity index (χ4n) is 1.76. The summed E-state index contributed by atoms with van der Waals surface area (Å²) in [4.78, 5) is 9.50. The number of rotatable bonds is 1. The molecule has 1 aromatic rings. The molecular weight excluding hydrogens is 246 g/mol. The highest BCUT2D eigenvalue weighted by Crippen LogP contribution is 2.32. The van der Waals surface area contributed by atoms with Gasteiger partial charge in [0.05, 0.1) is 6.04 Å². The van der Waals surface area contributed by atoms with Gasteiger partial charge in [-0.3, -0.25) is 0 Å². The maximum atomic E-state index is 6.37. The molecule has 0 aliphatic rings. The topological polar surface area (TPSA) is 51.8 Å². The number of hydrogen-bond acceptors (Lipinski definition) is 3. The molecule has 20 heavy (non-hydrogen) atoms. The molecule has 1 atom stereocenters. The summed E-state index contributed by atoms with van der Waals surface area (Å²) in [6.07, 6.45) is 0. The van der Waals surface area contributed by atoms with Gasteiger partial charge in [-0.2, -0.15) is 0 Å².